The Hall–Kier alpha value is -5.52. The number of hydroxylamine groups is 2. The molecule has 49 heavy (non-hydrogen) atoms. The first kappa shape index (κ1) is 30.8. The molecule has 8 rings (SSSR count). The molecular formula is C38H35N7O4. The number of aromatic amines is 1. The van der Waals surface area contributed by atoms with Gasteiger partial charge in [0.05, 0.1) is 23.5 Å². The van der Waals surface area contributed by atoms with Crippen LogP contribution >= 0.6 is 0 Å². The summed E-state index contributed by atoms with van der Waals surface area (Å²) in [5, 5.41) is 16.9. The van der Waals surface area contributed by atoms with Crippen molar-refractivity contribution in [1.29, 1.82) is 0 Å². The molecule has 0 unspecified atom stereocenters. The van der Waals surface area contributed by atoms with E-state index in [9.17, 15) is 9.59 Å². The topological polar surface area (TPSA) is 128 Å². The number of carbonyl (C=O) groups excluding carboxylic acids is 1. The van der Waals surface area contributed by atoms with Crippen molar-refractivity contribution in [3.63, 3.8) is 0 Å². The van der Waals surface area contributed by atoms with E-state index in [0.717, 1.165) is 52.0 Å². The van der Waals surface area contributed by atoms with E-state index in [-0.39, 0.29) is 24.2 Å². The maximum absolute atomic E-state index is 14.4. The van der Waals surface area contributed by atoms with Crippen LogP contribution in [0.1, 0.15) is 48.3 Å². The second-order valence-electron chi connectivity index (χ2n) is 12.6. The van der Waals surface area contributed by atoms with Crippen molar-refractivity contribution in [1.82, 2.24) is 35.2 Å². The van der Waals surface area contributed by atoms with Gasteiger partial charge in [-0.05, 0) is 51.6 Å². The predicted molar refractivity (Wildman–Crippen MR) is 183 cm³/mol. The molecule has 6 aromatic rings. The summed E-state index contributed by atoms with van der Waals surface area (Å²) in [6, 6.07) is 31.5. The van der Waals surface area contributed by atoms with E-state index in [1.54, 1.807) is 4.57 Å². The van der Waals surface area contributed by atoms with Gasteiger partial charge in [-0.3, -0.25) is 19.0 Å². The van der Waals surface area contributed by atoms with Gasteiger partial charge in [0.15, 0.2) is 0 Å². The minimum atomic E-state index is -0.483. The number of fused-ring (bicyclic) bond motifs is 2. The summed E-state index contributed by atoms with van der Waals surface area (Å²) in [4.78, 5) is 38.6. The van der Waals surface area contributed by atoms with Crippen LogP contribution in [0.15, 0.2) is 102 Å². The van der Waals surface area contributed by atoms with Crippen molar-refractivity contribution < 1.29 is 14.4 Å². The quantitative estimate of drug-likeness (QED) is 0.186. The zero-order valence-corrected chi connectivity index (χ0v) is 27.0. The predicted octanol–water partition coefficient (Wildman–Crippen LogP) is 5.66. The van der Waals surface area contributed by atoms with Gasteiger partial charge < -0.3 is 4.74 Å². The largest absolute Gasteiger partial charge is 0.462 e. The van der Waals surface area contributed by atoms with Crippen molar-refractivity contribution in [2.75, 3.05) is 6.61 Å². The lowest BCUT2D eigenvalue weighted by molar-refractivity contribution is -0.181. The van der Waals surface area contributed by atoms with Crippen molar-refractivity contribution in [3.05, 3.63) is 130 Å². The Morgan fingerprint density at radius 3 is 2.43 bits per heavy atom. The molecule has 11 heteroatoms. The van der Waals surface area contributed by atoms with Crippen LogP contribution in [0.3, 0.4) is 0 Å². The molecule has 3 atom stereocenters. The molecule has 0 saturated carbocycles. The number of aromatic nitrogens is 6. The molecule has 0 bridgehead atoms. The number of tetrazole rings is 1. The standard InChI is InChI=1S/C38H35N7O4/c1-2-3-13-33-39-31-19-18-27(35-34-32(23-48-38(34)47)49-45(35)22-24-9-5-4-6-10-24)20-30(31)37(46)44(33)21-25-14-16-26(17-15-25)28-11-7-8-12-29(28)36-40-42-43-41-36/h4-12,14-20,32,34-35H,2-3,13,21-23H2,1H3,(H,40,41,42,43)/t32-,34+,35+/m1/s1. The minimum absolute atomic E-state index is 0.108. The van der Waals surface area contributed by atoms with E-state index in [1.165, 1.54) is 0 Å². The molecule has 1 N–H and O–H groups in total. The van der Waals surface area contributed by atoms with Crippen molar-refractivity contribution in [2.45, 2.75) is 51.4 Å². The number of nitrogens with zero attached hydrogens (tertiary/aromatic N) is 6. The fraction of sp³-hybridized carbons (Fsp3) is 0.263. The lowest BCUT2D eigenvalue weighted by atomic mass is 9.90. The first-order valence-electron chi connectivity index (χ1n) is 16.7. The van der Waals surface area contributed by atoms with Crippen LogP contribution in [-0.2, 0) is 33.9 Å². The zero-order valence-electron chi connectivity index (χ0n) is 27.0. The fourth-order valence-corrected chi connectivity index (χ4v) is 6.97. The Morgan fingerprint density at radius 2 is 1.65 bits per heavy atom. The minimum Gasteiger partial charge on any atom is -0.462 e. The van der Waals surface area contributed by atoms with E-state index < -0.39 is 12.0 Å². The number of ether oxygens (including phenoxy) is 1. The van der Waals surface area contributed by atoms with E-state index in [2.05, 4.69) is 39.7 Å². The van der Waals surface area contributed by atoms with Crippen LogP contribution in [0.4, 0.5) is 0 Å². The number of benzene rings is 4. The van der Waals surface area contributed by atoms with Gasteiger partial charge in [0.1, 0.15) is 24.5 Å². The molecule has 2 saturated heterocycles. The van der Waals surface area contributed by atoms with Crippen LogP contribution in [0, 0.1) is 5.92 Å². The molecule has 4 heterocycles. The third kappa shape index (κ3) is 5.92. The van der Waals surface area contributed by atoms with Gasteiger partial charge >= 0.3 is 5.97 Å². The maximum Gasteiger partial charge on any atom is 0.313 e. The zero-order chi connectivity index (χ0) is 33.3. The molecule has 2 aromatic heterocycles. The number of hydrogen-bond acceptors (Lipinski definition) is 9. The van der Waals surface area contributed by atoms with E-state index in [0.29, 0.717) is 36.2 Å². The monoisotopic (exact) mass is 653 g/mol. The van der Waals surface area contributed by atoms with Gasteiger partial charge in [0.25, 0.3) is 5.56 Å². The molecule has 2 aliphatic rings. The van der Waals surface area contributed by atoms with E-state index in [1.807, 2.05) is 90.0 Å². The Labute approximate surface area is 282 Å². The molecule has 0 spiro atoms. The number of carbonyl (C=O) groups is 1. The Bertz CT molecular complexity index is 2170. The lowest BCUT2D eigenvalue weighted by Gasteiger charge is -2.25. The highest BCUT2D eigenvalue weighted by Crippen LogP contribution is 2.44. The van der Waals surface area contributed by atoms with E-state index in [4.69, 9.17) is 14.6 Å². The number of aryl methyl sites for hydroxylation is 1. The molecule has 2 fully saturated rings. The molecule has 2 aliphatic heterocycles. The molecule has 0 radical (unpaired) electrons. The smallest absolute Gasteiger partial charge is 0.313 e. The summed E-state index contributed by atoms with van der Waals surface area (Å²) >= 11 is 0. The number of cyclic esters (lactones) is 1. The second-order valence-corrected chi connectivity index (χ2v) is 12.6. The number of nitrogens with one attached hydrogen (secondary N) is 1. The number of hydrogen-bond donors (Lipinski definition) is 1. The van der Waals surface area contributed by atoms with Crippen molar-refractivity contribution in [3.8, 4) is 22.5 Å². The average molecular weight is 654 g/mol. The van der Waals surface area contributed by atoms with Gasteiger partial charge in [0.2, 0.25) is 5.82 Å². The summed E-state index contributed by atoms with van der Waals surface area (Å²) in [6.07, 6.45) is 2.22. The number of unbranched alkanes of at least 4 members (excludes halogenated alkanes) is 1. The number of H-pyrrole nitrogens is 1. The van der Waals surface area contributed by atoms with Crippen LogP contribution < -0.4 is 5.56 Å². The Kier molecular flexibility index (Phi) is 8.28. The van der Waals surface area contributed by atoms with Gasteiger partial charge in [-0.2, -0.15) is 10.3 Å². The highest BCUT2D eigenvalue weighted by atomic mass is 16.7. The van der Waals surface area contributed by atoms with Gasteiger partial charge in [-0.15, -0.1) is 10.2 Å². The summed E-state index contributed by atoms with van der Waals surface area (Å²) in [7, 11) is 0. The summed E-state index contributed by atoms with van der Waals surface area (Å²) in [5.41, 5.74) is 6.28. The van der Waals surface area contributed by atoms with Gasteiger partial charge in [-0.25, -0.2) is 4.98 Å². The Morgan fingerprint density at radius 1 is 0.878 bits per heavy atom. The molecule has 0 aliphatic carbocycles. The molecule has 0 amide bonds. The number of rotatable bonds is 10. The molecule has 11 nitrogen and oxygen atoms in total. The third-order valence-corrected chi connectivity index (χ3v) is 9.44. The fourth-order valence-electron chi connectivity index (χ4n) is 6.97. The lowest BCUT2D eigenvalue weighted by Crippen LogP contribution is -2.29. The van der Waals surface area contributed by atoms with Gasteiger partial charge in [-0.1, -0.05) is 98.3 Å². The van der Waals surface area contributed by atoms with Crippen molar-refractivity contribution >= 4 is 16.9 Å². The average Bonchev–Trinajstić information content (AvgIpc) is 3.88. The van der Waals surface area contributed by atoms with Gasteiger partial charge in [0, 0.05) is 18.5 Å². The highest BCUT2D eigenvalue weighted by Gasteiger charge is 2.53. The summed E-state index contributed by atoms with van der Waals surface area (Å²) < 4.78 is 7.20. The van der Waals surface area contributed by atoms with Crippen LogP contribution in [0.5, 0.6) is 0 Å². The maximum atomic E-state index is 14.4. The van der Waals surface area contributed by atoms with E-state index >= 15 is 0 Å². The third-order valence-electron chi connectivity index (χ3n) is 9.44. The molecular weight excluding hydrogens is 618 g/mol. The first-order valence-corrected chi connectivity index (χ1v) is 16.7. The second kappa shape index (κ2) is 13.2. The number of esters is 1. The van der Waals surface area contributed by atoms with Crippen LogP contribution in [-0.4, -0.2) is 53.9 Å². The normalized spacial score (nSPS) is 19.0. The first-order chi connectivity index (χ1) is 24.1. The summed E-state index contributed by atoms with van der Waals surface area (Å²) in [5.74, 6) is 0.525. The molecule has 246 valence electrons. The molecule has 4 aromatic carbocycles. The Balaban J connectivity index is 1.15. The van der Waals surface area contributed by atoms with Crippen molar-refractivity contribution in [2.24, 2.45) is 5.92 Å². The summed E-state index contributed by atoms with van der Waals surface area (Å²) in [6.45, 7) is 3.22. The van der Waals surface area contributed by atoms with Crippen LogP contribution in [0.25, 0.3) is 33.4 Å². The van der Waals surface area contributed by atoms with Crippen LogP contribution in [0.2, 0.25) is 0 Å². The SMILES string of the molecule is CCCCc1nc2ccc([C@H]3[C@H]4C(=O)OC[C@H]4ON3Cc3ccccc3)cc2c(=O)n1Cc1ccc(-c2ccccc2-c2nn[nH]n2)cc1. The highest BCUT2D eigenvalue weighted by molar-refractivity contribution is 5.81.